The summed E-state index contributed by atoms with van der Waals surface area (Å²) in [6.45, 7) is 1.49. The molecule has 0 atom stereocenters. The van der Waals surface area contributed by atoms with Gasteiger partial charge < -0.3 is 9.84 Å². The molecule has 36 heavy (non-hydrogen) atoms. The SMILES string of the molecule is O=C(CN1CCC(O)(c2ccccc2)CC1)NNC(=O)N1Cc2ccccc2Oc2ccc(Cl)cc21. The van der Waals surface area contributed by atoms with Gasteiger partial charge in [-0.15, -0.1) is 0 Å². The topological polar surface area (TPSA) is 94.1 Å². The number of halogens is 1. The first kappa shape index (κ1) is 24.1. The average molecular weight is 507 g/mol. The summed E-state index contributed by atoms with van der Waals surface area (Å²) < 4.78 is 6.02. The smallest absolute Gasteiger partial charge is 0.341 e. The van der Waals surface area contributed by atoms with E-state index in [2.05, 4.69) is 10.9 Å². The fourth-order valence-corrected chi connectivity index (χ4v) is 4.79. The third-order valence-corrected chi connectivity index (χ3v) is 6.88. The van der Waals surface area contributed by atoms with Crippen molar-refractivity contribution in [1.82, 2.24) is 15.8 Å². The zero-order valence-corrected chi connectivity index (χ0v) is 20.4. The van der Waals surface area contributed by atoms with Gasteiger partial charge >= 0.3 is 6.03 Å². The molecule has 0 unspecified atom stereocenters. The Hall–Kier alpha value is -3.59. The lowest BCUT2D eigenvalue weighted by atomic mass is 9.84. The maximum atomic E-state index is 13.1. The number of nitrogens with one attached hydrogen (secondary N) is 2. The van der Waals surface area contributed by atoms with Crippen LogP contribution < -0.4 is 20.5 Å². The second kappa shape index (κ2) is 10.2. The van der Waals surface area contributed by atoms with E-state index in [0.29, 0.717) is 48.1 Å². The number of hydrogen-bond acceptors (Lipinski definition) is 5. The first-order valence-electron chi connectivity index (χ1n) is 11.8. The van der Waals surface area contributed by atoms with E-state index < -0.39 is 11.6 Å². The van der Waals surface area contributed by atoms with Gasteiger partial charge in [-0.05, 0) is 42.7 Å². The molecule has 9 heteroatoms. The Morgan fingerprint density at radius 3 is 2.44 bits per heavy atom. The fourth-order valence-electron chi connectivity index (χ4n) is 4.63. The molecule has 2 aliphatic rings. The van der Waals surface area contributed by atoms with Crippen LogP contribution in [0.4, 0.5) is 10.5 Å². The molecule has 0 bridgehead atoms. The van der Waals surface area contributed by atoms with Gasteiger partial charge in [0.1, 0.15) is 5.75 Å². The molecule has 0 radical (unpaired) electrons. The van der Waals surface area contributed by atoms with Crippen LogP contribution in [0.15, 0.2) is 72.8 Å². The van der Waals surface area contributed by atoms with E-state index in [1.54, 1.807) is 18.2 Å². The van der Waals surface area contributed by atoms with Crippen LogP contribution in [0.5, 0.6) is 11.5 Å². The number of para-hydroxylation sites is 1. The van der Waals surface area contributed by atoms with Crippen molar-refractivity contribution in [2.45, 2.75) is 25.0 Å². The van der Waals surface area contributed by atoms with Crippen LogP contribution in [-0.2, 0) is 16.9 Å². The Morgan fingerprint density at radius 1 is 0.944 bits per heavy atom. The summed E-state index contributed by atoms with van der Waals surface area (Å²) in [5, 5.41) is 11.5. The highest BCUT2D eigenvalue weighted by Gasteiger charge is 2.34. The van der Waals surface area contributed by atoms with Crippen LogP contribution in [0.3, 0.4) is 0 Å². The van der Waals surface area contributed by atoms with E-state index in [4.69, 9.17) is 16.3 Å². The van der Waals surface area contributed by atoms with Gasteiger partial charge in [0.25, 0.3) is 5.91 Å². The van der Waals surface area contributed by atoms with Gasteiger partial charge in [-0.25, -0.2) is 10.2 Å². The third kappa shape index (κ3) is 5.16. The lowest BCUT2D eigenvalue weighted by molar-refractivity contribution is -0.124. The Labute approximate surface area is 214 Å². The van der Waals surface area contributed by atoms with Gasteiger partial charge in [-0.3, -0.25) is 20.0 Å². The number of benzene rings is 3. The summed E-state index contributed by atoms with van der Waals surface area (Å²) in [7, 11) is 0. The number of anilines is 1. The normalized spacial score (nSPS) is 16.7. The number of piperidine rings is 1. The molecule has 8 nitrogen and oxygen atoms in total. The number of aliphatic hydroxyl groups is 1. The van der Waals surface area contributed by atoms with Gasteiger partial charge in [0.15, 0.2) is 5.75 Å². The number of ether oxygens (including phenoxy) is 1. The molecule has 1 fully saturated rings. The maximum Gasteiger partial charge on any atom is 0.341 e. The summed E-state index contributed by atoms with van der Waals surface area (Å²) in [6.07, 6.45) is 1.06. The molecule has 0 saturated carbocycles. The third-order valence-electron chi connectivity index (χ3n) is 6.65. The number of hydrogen-bond donors (Lipinski definition) is 3. The number of urea groups is 1. The Morgan fingerprint density at radius 2 is 1.67 bits per heavy atom. The van der Waals surface area contributed by atoms with Gasteiger partial charge in [-0.2, -0.15) is 0 Å². The van der Waals surface area contributed by atoms with Crippen LogP contribution in [0, 0.1) is 0 Å². The van der Waals surface area contributed by atoms with Crippen LogP contribution in [0.2, 0.25) is 5.02 Å². The van der Waals surface area contributed by atoms with Crippen molar-refractivity contribution in [1.29, 1.82) is 0 Å². The summed E-state index contributed by atoms with van der Waals surface area (Å²) in [6, 6.07) is 21.6. The second-order valence-corrected chi connectivity index (χ2v) is 9.50. The molecule has 3 N–H and O–H groups in total. The predicted molar refractivity (Wildman–Crippen MR) is 137 cm³/mol. The highest BCUT2D eigenvalue weighted by molar-refractivity contribution is 6.31. The van der Waals surface area contributed by atoms with Crippen LogP contribution >= 0.6 is 11.6 Å². The predicted octanol–water partition coefficient (Wildman–Crippen LogP) is 4.18. The molecule has 2 heterocycles. The van der Waals surface area contributed by atoms with Crippen molar-refractivity contribution in [2.24, 2.45) is 0 Å². The minimum absolute atomic E-state index is 0.111. The molecule has 0 aliphatic carbocycles. The standard InChI is InChI=1S/C27H27ClN4O4/c28-21-10-11-24-22(16-21)32(17-19-6-4-5-9-23(19)36-24)26(34)30-29-25(33)18-31-14-12-27(35,13-15-31)20-7-2-1-3-8-20/h1-11,16,35H,12-15,17-18H2,(H,29,33)(H,30,34). The summed E-state index contributed by atoms with van der Waals surface area (Å²) in [5.74, 6) is 0.803. The van der Waals surface area contributed by atoms with Crippen molar-refractivity contribution in [3.8, 4) is 11.5 Å². The van der Waals surface area contributed by atoms with Crippen molar-refractivity contribution in [2.75, 3.05) is 24.5 Å². The van der Waals surface area contributed by atoms with E-state index >= 15 is 0 Å². The first-order valence-corrected chi connectivity index (χ1v) is 12.2. The number of likely N-dealkylation sites (tertiary alicyclic amines) is 1. The Kier molecular flexibility index (Phi) is 6.82. The molecule has 5 rings (SSSR count). The highest BCUT2D eigenvalue weighted by Crippen LogP contribution is 2.40. The van der Waals surface area contributed by atoms with E-state index in [1.807, 2.05) is 59.5 Å². The number of nitrogens with zero attached hydrogens (tertiary/aromatic N) is 2. The summed E-state index contributed by atoms with van der Waals surface area (Å²) in [4.78, 5) is 29.2. The van der Waals surface area contributed by atoms with Crippen molar-refractivity contribution >= 4 is 29.2 Å². The van der Waals surface area contributed by atoms with E-state index in [-0.39, 0.29) is 19.0 Å². The Bertz CT molecular complexity index is 1260. The first-order chi connectivity index (χ1) is 17.4. The van der Waals surface area contributed by atoms with Crippen molar-refractivity contribution in [3.05, 3.63) is 88.9 Å². The summed E-state index contributed by atoms with van der Waals surface area (Å²) in [5.41, 5.74) is 6.36. The van der Waals surface area contributed by atoms with E-state index in [9.17, 15) is 14.7 Å². The second-order valence-electron chi connectivity index (χ2n) is 9.06. The number of amides is 3. The van der Waals surface area contributed by atoms with E-state index in [1.165, 1.54) is 4.90 Å². The zero-order chi connectivity index (χ0) is 25.1. The van der Waals surface area contributed by atoms with Gasteiger partial charge in [0, 0.05) is 23.7 Å². The average Bonchev–Trinajstić information content (AvgIpc) is 3.06. The van der Waals surface area contributed by atoms with Crippen LogP contribution in [0.25, 0.3) is 0 Å². The van der Waals surface area contributed by atoms with Gasteiger partial charge in [0.2, 0.25) is 0 Å². The highest BCUT2D eigenvalue weighted by atomic mass is 35.5. The fraction of sp³-hybridized carbons (Fsp3) is 0.259. The van der Waals surface area contributed by atoms with Crippen LogP contribution in [-0.4, -0.2) is 41.6 Å². The lowest BCUT2D eigenvalue weighted by Crippen LogP contribution is -2.52. The molecule has 1 saturated heterocycles. The quantitative estimate of drug-likeness (QED) is 0.463. The van der Waals surface area contributed by atoms with Gasteiger partial charge in [-0.1, -0.05) is 60.1 Å². The molecular weight excluding hydrogens is 480 g/mol. The van der Waals surface area contributed by atoms with Crippen molar-refractivity contribution in [3.63, 3.8) is 0 Å². The lowest BCUT2D eigenvalue weighted by Gasteiger charge is -2.38. The zero-order valence-electron chi connectivity index (χ0n) is 19.6. The Balaban J connectivity index is 1.19. The molecule has 0 spiro atoms. The monoisotopic (exact) mass is 506 g/mol. The molecular formula is C27H27ClN4O4. The molecule has 186 valence electrons. The molecule has 2 aliphatic heterocycles. The number of rotatable bonds is 3. The number of carbonyl (C=O) groups is 2. The largest absolute Gasteiger partial charge is 0.455 e. The minimum atomic E-state index is -0.887. The molecule has 3 amide bonds. The number of hydrazine groups is 1. The molecule has 0 aromatic heterocycles. The van der Waals surface area contributed by atoms with Crippen LogP contribution in [0.1, 0.15) is 24.0 Å². The molecule has 3 aromatic rings. The van der Waals surface area contributed by atoms with Crippen molar-refractivity contribution < 1.29 is 19.4 Å². The number of carbonyl (C=O) groups excluding carboxylic acids is 2. The van der Waals surface area contributed by atoms with E-state index in [0.717, 1.165) is 11.1 Å². The maximum absolute atomic E-state index is 13.1. The number of fused-ring (bicyclic) bond motifs is 2. The minimum Gasteiger partial charge on any atom is -0.455 e. The molecule has 3 aromatic carbocycles. The van der Waals surface area contributed by atoms with Gasteiger partial charge in [0.05, 0.1) is 24.4 Å². The summed E-state index contributed by atoms with van der Waals surface area (Å²) >= 11 is 6.20.